The van der Waals surface area contributed by atoms with Gasteiger partial charge >= 0.3 is 5.97 Å². The molecule has 3 atom stereocenters. The summed E-state index contributed by atoms with van der Waals surface area (Å²) in [6, 6.07) is -0.574. The van der Waals surface area contributed by atoms with Crippen LogP contribution in [0.25, 0.3) is 0 Å². The van der Waals surface area contributed by atoms with E-state index >= 15 is 0 Å². The number of aliphatic hydroxyl groups is 1. The van der Waals surface area contributed by atoms with Gasteiger partial charge in [0.1, 0.15) is 6.04 Å². The number of aliphatic carboxylic acids is 1. The zero-order valence-electron chi connectivity index (χ0n) is 5.74. The summed E-state index contributed by atoms with van der Waals surface area (Å²) >= 11 is 0. The van der Waals surface area contributed by atoms with Crippen molar-refractivity contribution in [3.63, 3.8) is 0 Å². The van der Waals surface area contributed by atoms with Crippen LogP contribution in [0.15, 0.2) is 0 Å². The highest BCUT2D eigenvalue weighted by Gasteiger charge is 2.35. The van der Waals surface area contributed by atoms with Crippen molar-refractivity contribution in [2.75, 3.05) is 6.54 Å². The van der Waals surface area contributed by atoms with Gasteiger partial charge < -0.3 is 15.5 Å². The van der Waals surface area contributed by atoms with Gasteiger partial charge in [-0.3, -0.25) is 4.79 Å². The molecule has 1 heterocycles. The SMILES string of the molecule is C[C@@H]1C(O)CNC1C(=O)O. The van der Waals surface area contributed by atoms with Crippen molar-refractivity contribution in [1.82, 2.24) is 5.32 Å². The van der Waals surface area contributed by atoms with Crippen molar-refractivity contribution in [2.24, 2.45) is 5.92 Å². The Balaban J connectivity index is 2.57. The zero-order valence-corrected chi connectivity index (χ0v) is 5.74. The van der Waals surface area contributed by atoms with Gasteiger partial charge in [-0.25, -0.2) is 0 Å². The Hall–Kier alpha value is -0.610. The van der Waals surface area contributed by atoms with Crippen LogP contribution in [-0.4, -0.2) is 34.9 Å². The molecule has 0 spiro atoms. The van der Waals surface area contributed by atoms with Crippen molar-refractivity contribution < 1.29 is 15.0 Å². The van der Waals surface area contributed by atoms with Crippen LogP contribution >= 0.6 is 0 Å². The molecular formula is C6H11NO3. The largest absolute Gasteiger partial charge is 0.480 e. The summed E-state index contributed by atoms with van der Waals surface area (Å²) in [7, 11) is 0. The first-order chi connectivity index (χ1) is 4.63. The van der Waals surface area contributed by atoms with Crippen molar-refractivity contribution in [1.29, 1.82) is 0 Å². The van der Waals surface area contributed by atoms with E-state index in [1.54, 1.807) is 6.92 Å². The van der Waals surface area contributed by atoms with E-state index in [9.17, 15) is 4.79 Å². The van der Waals surface area contributed by atoms with Crippen LogP contribution in [0.4, 0.5) is 0 Å². The number of hydrogen-bond donors (Lipinski definition) is 3. The van der Waals surface area contributed by atoms with E-state index in [4.69, 9.17) is 10.2 Å². The maximum atomic E-state index is 10.4. The molecule has 0 amide bonds. The van der Waals surface area contributed by atoms with Crippen LogP contribution in [-0.2, 0) is 4.79 Å². The number of aliphatic hydroxyl groups excluding tert-OH is 1. The molecule has 0 aliphatic carbocycles. The van der Waals surface area contributed by atoms with Gasteiger partial charge in [-0.1, -0.05) is 6.92 Å². The fourth-order valence-corrected chi connectivity index (χ4v) is 1.15. The average molecular weight is 145 g/mol. The van der Waals surface area contributed by atoms with E-state index in [1.807, 2.05) is 0 Å². The summed E-state index contributed by atoms with van der Waals surface area (Å²) in [5, 5.41) is 20.3. The Morgan fingerprint density at radius 2 is 2.30 bits per heavy atom. The smallest absolute Gasteiger partial charge is 0.321 e. The van der Waals surface area contributed by atoms with Gasteiger partial charge in [0.25, 0.3) is 0 Å². The third kappa shape index (κ3) is 1.12. The molecule has 1 fully saturated rings. The van der Waals surface area contributed by atoms with E-state index in [1.165, 1.54) is 0 Å². The Bertz CT molecular complexity index is 148. The summed E-state index contributed by atoms with van der Waals surface area (Å²) < 4.78 is 0. The number of β-amino-alcohol motifs (C(OH)–C–C–N with tert-alkyl or cyclic N) is 1. The lowest BCUT2D eigenvalue weighted by atomic mass is 10.0. The average Bonchev–Trinajstić information content (AvgIpc) is 2.14. The summed E-state index contributed by atoms with van der Waals surface area (Å²) in [4.78, 5) is 10.4. The maximum Gasteiger partial charge on any atom is 0.321 e. The van der Waals surface area contributed by atoms with E-state index in [0.717, 1.165) is 0 Å². The Kier molecular flexibility index (Phi) is 1.92. The molecule has 2 unspecified atom stereocenters. The third-order valence-electron chi connectivity index (χ3n) is 1.95. The lowest BCUT2D eigenvalue weighted by molar-refractivity contribution is -0.140. The predicted octanol–water partition coefficient (Wildman–Crippen LogP) is -0.960. The molecule has 1 aliphatic rings. The first kappa shape index (κ1) is 7.50. The van der Waals surface area contributed by atoms with Gasteiger partial charge in [0.2, 0.25) is 0 Å². The minimum absolute atomic E-state index is 0.183. The summed E-state index contributed by atoms with van der Waals surface area (Å²) in [5.41, 5.74) is 0. The first-order valence-corrected chi connectivity index (χ1v) is 3.27. The monoisotopic (exact) mass is 145 g/mol. The topological polar surface area (TPSA) is 69.6 Å². The van der Waals surface area contributed by atoms with Gasteiger partial charge in [-0.2, -0.15) is 0 Å². The van der Waals surface area contributed by atoms with E-state index < -0.39 is 18.1 Å². The highest BCUT2D eigenvalue weighted by Crippen LogP contribution is 2.14. The fourth-order valence-electron chi connectivity index (χ4n) is 1.15. The number of carbonyl (C=O) groups is 1. The highest BCUT2D eigenvalue weighted by atomic mass is 16.4. The molecule has 58 valence electrons. The maximum absolute atomic E-state index is 10.4. The molecule has 1 aliphatic heterocycles. The van der Waals surface area contributed by atoms with Crippen LogP contribution < -0.4 is 5.32 Å². The van der Waals surface area contributed by atoms with E-state index in [-0.39, 0.29) is 5.92 Å². The number of carboxylic acids is 1. The van der Waals surface area contributed by atoms with Gasteiger partial charge in [-0.15, -0.1) is 0 Å². The summed E-state index contributed by atoms with van der Waals surface area (Å²) in [6.45, 7) is 2.11. The van der Waals surface area contributed by atoms with Crippen LogP contribution in [0.5, 0.6) is 0 Å². The second-order valence-corrected chi connectivity index (χ2v) is 2.65. The normalized spacial score (nSPS) is 40.0. The third-order valence-corrected chi connectivity index (χ3v) is 1.95. The molecule has 0 aromatic carbocycles. The molecule has 3 N–H and O–H groups in total. The number of nitrogens with one attached hydrogen (secondary N) is 1. The number of carboxylic acid groups (broad SMARTS) is 1. The second kappa shape index (κ2) is 2.56. The minimum Gasteiger partial charge on any atom is -0.480 e. The van der Waals surface area contributed by atoms with Crippen molar-refractivity contribution >= 4 is 5.97 Å². The second-order valence-electron chi connectivity index (χ2n) is 2.65. The standard InChI is InChI=1S/C6H11NO3/c1-3-4(8)2-7-5(3)6(9)10/h3-5,7-8H,2H2,1H3,(H,9,10)/t3-,4?,5?/m1/s1. The fraction of sp³-hybridized carbons (Fsp3) is 0.833. The quantitative estimate of drug-likeness (QED) is 0.444. The van der Waals surface area contributed by atoms with Crippen molar-refractivity contribution in [3.8, 4) is 0 Å². The van der Waals surface area contributed by atoms with Crippen LogP contribution in [0.3, 0.4) is 0 Å². The molecule has 0 bridgehead atoms. The lowest BCUT2D eigenvalue weighted by Gasteiger charge is -2.10. The van der Waals surface area contributed by atoms with Gasteiger partial charge in [0, 0.05) is 12.5 Å². The molecule has 0 aromatic heterocycles. The molecule has 0 saturated carbocycles. The van der Waals surface area contributed by atoms with Gasteiger partial charge in [0.05, 0.1) is 6.10 Å². The molecule has 0 radical (unpaired) electrons. The van der Waals surface area contributed by atoms with Gasteiger partial charge in [0.15, 0.2) is 0 Å². The summed E-state index contributed by atoms with van der Waals surface area (Å²) in [6.07, 6.45) is -0.513. The van der Waals surface area contributed by atoms with E-state index in [2.05, 4.69) is 5.32 Å². The molecule has 1 saturated heterocycles. The predicted molar refractivity (Wildman–Crippen MR) is 34.6 cm³/mol. The molecule has 10 heavy (non-hydrogen) atoms. The Labute approximate surface area is 58.9 Å². The first-order valence-electron chi connectivity index (χ1n) is 3.27. The Morgan fingerprint density at radius 3 is 2.50 bits per heavy atom. The van der Waals surface area contributed by atoms with Crippen molar-refractivity contribution in [3.05, 3.63) is 0 Å². The molecular weight excluding hydrogens is 134 g/mol. The van der Waals surface area contributed by atoms with E-state index in [0.29, 0.717) is 6.54 Å². The lowest BCUT2D eigenvalue weighted by Crippen LogP contribution is -2.34. The van der Waals surface area contributed by atoms with Crippen molar-refractivity contribution in [2.45, 2.75) is 19.1 Å². The van der Waals surface area contributed by atoms with Gasteiger partial charge in [-0.05, 0) is 0 Å². The van der Waals surface area contributed by atoms with Crippen LogP contribution in [0.1, 0.15) is 6.92 Å². The van der Waals surface area contributed by atoms with Crippen LogP contribution in [0.2, 0.25) is 0 Å². The molecule has 0 aromatic rings. The zero-order chi connectivity index (χ0) is 7.72. The Morgan fingerprint density at radius 1 is 1.70 bits per heavy atom. The van der Waals surface area contributed by atoms with Crippen LogP contribution in [0, 0.1) is 5.92 Å². The molecule has 4 nitrogen and oxygen atoms in total. The minimum atomic E-state index is -0.885. The molecule has 4 heteroatoms. The number of rotatable bonds is 1. The number of hydrogen-bond acceptors (Lipinski definition) is 3. The molecule has 1 rings (SSSR count). The summed E-state index contributed by atoms with van der Waals surface area (Å²) in [5.74, 6) is -1.07. The highest BCUT2D eigenvalue weighted by molar-refractivity contribution is 5.74.